The highest BCUT2D eigenvalue weighted by Gasteiger charge is 2.35. The summed E-state index contributed by atoms with van der Waals surface area (Å²) in [7, 11) is 0. The lowest BCUT2D eigenvalue weighted by Crippen LogP contribution is -2.36. The highest BCUT2D eigenvalue weighted by Crippen LogP contribution is 2.41. The van der Waals surface area contributed by atoms with Crippen molar-refractivity contribution in [1.82, 2.24) is 0 Å². The van der Waals surface area contributed by atoms with E-state index in [-0.39, 0.29) is 0 Å². The number of rotatable bonds is 9. The monoisotopic (exact) mass is 232 g/mol. The zero-order valence-electron chi connectivity index (χ0n) is 9.83. The first kappa shape index (κ1) is 13.3. The van der Waals surface area contributed by atoms with E-state index >= 15 is 0 Å². The molecule has 90 valence electrons. The summed E-state index contributed by atoms with van der Waals surface area (Å²) >= 11 is 4.39. The van der Waals surface area contributed by atoms with E-state index in [1.165, 1.54) is 25.7 Å². The number of hydrogen-bond acceptors (Lipinski definition) is 3. The fraction of sp³-hybridized carbons (Fsp3) is 1.00. The van der Waals surface area contributed by atoms with Crippen molar-refractivity contribution in [2.75, 3.05) is 32.2 Å². The Kier molecular flexibility index (Phi) is 6.69. The third-order valence-electron chi connectivity index (χ3n) is 3.17. The molecule has 1 fully saturated rings. The van der Waals surface area contributed by atoms with Gasteiger partial charge < -0.3 is 9.47 Å². The molecule has 0 aromatic heterocycles. The first-order valence-corrected chi connectivity index (χ1v) is 6.72. The second-order valence-corrected chi connectivity index (χ2v) is 4.85. The van der Waals surface area contributed by atoms with Crippen LogP contribution in [-0.2, 0) is 9.47 Å². The van der Waals surface area contributed by atoms with E-state index in [2.05, 4.69) is 19.6 Å². The summed E-state index contributed by atoms with van der Waals surface area (Å²) in [5, 5.41) is 0. The second-order valence-electron chi connectivity index (χ2n) is 4.53. The van der Waals surface area contributed by atoms with Crippen molar-refractivity contribution < 1.29 is 9.47 Å². The Morgan fingerprint density at radius 1 is 1.13 bits per heavy atom. The van der Waals surface area contributed by atoms with Crippen molar-refractivity contribution in [3.63, 3.8) is 0 Å². The van der Waals surface area contributed by atoms with Crippen molar-refractivity contribution in [1.29, 1.82) is 0 Å². The zero-order chi connectivity index (χ0) is 11.0. The first-order chi connectivity index (χ1) is 7.33. The molecule has 15 heavy (non-hydrogen) atoms. The Balaban J connectivity index is 1.88. The SMILES string of the molecule is CCCCOCCOCC1(CS)CCC1. The van der Waals surface area contributed by atoms with Gasteiger partial charge in [-0.2, -0.15) is 12.6 Å². The first-order valence-electron chi connectivity index (χ1n) is 6.09. The third-order valence-corrected chi connectivity index (χ3v) is 3.84. The molecule has 1 saturated carbocycles. The van der Waals surface area contributed by atoms with Gasteiger partial charge in [0.05, 0.1) is 19.8 Å². The molecule has 0 aromatic rings. The van der Waals surface area contributed by atoms with Crippen molar-refractivity contribution >= 4 is 12.6 Å². The van der Waals surface area contributed by atoms with Gasteiger partial charge in [-0.1, -0.05) is 19.8 Å². The lowest BCUT2D eigenvalue weighted by atomic mass is 9.71. The highest BCUT2D eigenvalue weighted by molar-refractivity contribution is 7.80. The summed E-state index contributed by atoms with van der Waals surface area (Å²) in [4.78, 5) is 0. The second kappa shape index (κ2) is 7.53. The summed E-state index contributed by atoms with van der Waals surface area (Å²) < 4.78 is 11.1. The summed E-state index contributed by atoms with van der Waals surface area (Å²) in [5.74, 6) is 0.962. The molecule has 0 aromatic carbocycles. The van der Waals surface area contributed by atoms with Crippen LogP contribution < -0.4 is 0 Å². The summed E-state index contributed by atoms with van der Waals surface area (Å²) in [6, 6.07) is 0. The summed E-state index contributed by atoms with van der Waals surface area (Å²) in [6.07, 6.45) is 6.27. The molecule has 0 N–H and O–H groups in total. The molecule has 0 atom stereocenters. The predicted molar refractivity (Wildman–Crippen MR) is 66.7 cm³/mol. The van der Waals surface area contributed by atoms with Crippen LogP contribution in [0.3, 0.4) is 0 Å². The lowest BCUT2D eigenvalue weighted by Gasteiger charge is -2.40. The van der Waals surface area contributed by atoms with Gasteiger partial charge in [-0.15, -0.1) is 0 Å². The minimum absolute atomic E-state index is 0.395. The standard InChI is InChI=1S/C12H24O2S/c1-2-3-7-13-8-9-14-10-12(11-15)5-4-6-12/h15H,2-11H2,1H3. The molecule has 0 aliphatic heterocycles. The Bertz CT molecular complexity index is 152. The molecule has 1 aliphatic carbocycles. The fourth-order valence-electron chi connectivity index (χ4n) is 1.78. The highest BCUT2D eigenvalue weighted by atomic mass is 32.1. The molecule has 3 heteroatoms. The minimum Gasteiger partial charge on any atom is -0.379 e. The normalized spacial score (nSPS) is 18.8. The van der Waals surface area contributed by atoms with Gasteiger partial charge in [-0.05, 0) is 25.0 Å². The smallest absolute Gasteiger partial charge is 0.0700 e. The van der Waals surface area contributed by atoms with Gasteiger partial charge in [0.2, 0.25) is 0 Å². The molecule has 0 radical (unpaired) electrons. The topological polar surface area (TPSA) is 18.5 Å². The molecular weight excluding hydrogens is 208 g/mol. The van der Waals surface area contributed by atoms with E-state index in [4.69, 9.17) is 9.47 Å². The maximum atomic E-state index is 5.64. The molecular formula is C12H24O2S. The number of hydrogen-bond donors (Lipinski definition) is 1. The van der Waals surface area contributed by atoms with Gasteiger partial charge in [0, 0.05) is 12.0 Å². The lowest BCUT2D eigenvalue weighted by molar-refractivity contribution is -0.0163. The molecule has 1 rings (SSSR count). The minimum atomic E-state index is 0.395. The summed E-state index contributed by atoms with van der Waals surface area (Å²) in [5.41, 5.74) is 0.395. The Morgan fingerprint density at radius 3 is 2.40 bits per heavy atom. The fourth-order valence-corrected chi connectivity index (χ4v) is 2.19. The van der Waals surface area contributed by atoms with E-state index in [0.29, 0.717) is 5.41 Å². The Morgan fingerprint density at radius 2 is 1.87 bits per heavy atom. The maximum Gasteiger partial charge on any atom is 0.0700 e. The van der Waals surface area contributed by atoms with Gasteiger partial charge in [0.25, 0.3) is 0 Å². The molecule has 0 saturated heterocycles. The zero-order valence-corrected chi connectivity index (χ0v) is 10.7. The quantitative estimate of drug-likeness (QED) is 0.487. The van der Waals surface area contributed by atoms with Crippen LogP contribution in [0.25, 0.3) is 0 Å². The van der Waals surface area contributed by atoms with E-state index in [9.17, 15) is 0 Å². The molecule has 2 nitrogen and oxygen atoms in total. The van der Waals surface area contributed by atoms with Crippen LogP contribution in [0.2, 0.25) is 0 Å². The van der Waals surface area contributed by atoms with Crippen LogP contribution in [0.5, 0.6) is 0 Å². The van der Waals surface area contributed by atoms with Crippen molar-refractivity contribution in [2.24, 2.45) is 5.41 Å². The number of unbranched alkanes of at least 4 members (excludes halogenated alkanes) is 1. The Labute approximate surface area is 99.1 Å². The van der Waals surface area contributed by atoms with E-state index in [0.717, 1.165) is 38.6 Å². The largest absolute Gasteiger partial charge is 0.379 e. The van der Waals surface area contributed by atoms with Crippen LogP contribution in [0.1, 0.15) is 39.0 Å². The van der Waals surface area contributed by atoms with Crippen molar-refractivity contribution in [3.8, 4) is 0 Å². The molecule has 1 aliphatic rings. The Hall–Kier alpha value is 0.270. The van der Waals surface area contributed by atoms with Crippen LogP contribution in [-0.4, -0.2) is 32.2 Å². The van der Waals surface area contributed by atoms with Gasteiger partial charge in [-0.3, -0.25) is 0 Å². The third kappa shape index (κ3) is 4.75. The predicted octanol–water partition coefficient (Wildman–Crippen LogP) is 2.92. The molecule has 0 unspecified atom stereocenters. The van der Waals surface area contributed by atoms with E-state index in [1.54, 1.807) is 0 Å². The molecule has 0 heterocycles. The van der Waals surface area contributed by atoms with E-state index < -0.39 is 0 Å². The van der Waals surface area contributed by atoms with Crippen LogP contribution in [0.4, 0.5) is 0 Å². The van der Waals surface area contributed by atoms with Gasteiger partial charge >= 0.3 is 0 Å². The number of thiol groups is 1. The van der Waals surface area contributed by atoms with Gasteiger partial charge in [0.1, 0.15) is 0 Å². The van der Waals surface area contributed by atoms with Crippen LogP contribution in [0, 0.1) is 5.41 Å². The molecule has 0 amide bonds. The molecule has 0 spiro atoms. The van der Waals surface area contributed by atoms with Crippen molar-refractivity contribution in [2.45, 2.75) is 39.0 Å². The van der Waals surface area contributed by atoms with Crippen LogP contribution >= 0.6 is 12.6 Å². The maximum absolute atomic E-state index is 5.64. The van der Waals surface area contributed by atoms with Crippen LogP contribution in [0.15, 0.2) is 0 Å². The summed E-state index contributed by atoms with van der Waals surface area (Å²) in [6.45, 7) is 5.39. The van der Waals surface area contributed by atoms with Gasteiger partial charge in [-0.25, -0.2) is 0 Å². The number of ether oxygens (including phenoxy) is 2. The average molecular weight is 232 g/mol. The molecule has 0 bridgehead atoms. The average Bonchev–Trinajstić information content (AvgIpc) is 2.20. The van der Waals surface area contributed by atoms with Crippen molar-refractivity contribution in [3.05, 3.63) is 0 Å². The van der Waals surface area contributed by atoms with E-state index in [1.807, 2.05) is 0 Å². The van der Waals surface area contributed by atoms with Gasteiger partial charge in [0.15, 0.2) is 0 Å².